The Bertz CT molecular complexity index is 1530. The predicted molar refractivity (Wildman–Crippen MR) is 196 cm³/mol. The molecule has 50 heavy (non-hydrogen) atoms. The molecule has 0 N–H and O–H groups in total. The van der Waals surface area contributed by atoms with Crippen molar-refractivity contribution in [2.45, 2.75) is 64.7 Å². The Morgan fingerprint density at radius 2 is 0.820 bits per heavy atom. The van der Waals surface area contributed by atoms with Gasteiger partial charge >= 0.3 is 0 Å². The first kappa shape index (κ1) is 34.1. The molecule has 3 aliphatic rings. The summed E-state index contributed by atoms with van der Waals surface area (Å²) in [6, 6.07) is 33.6. The molecule has 0 unspecified atom stereocenters. The van der Waals surface area contributed by atoms with Crippen LogP contribution in [-0.2, 0) is 48.6 Å². The summed E-state index contributed by atoms with van der Waals surface area (Å²) in [6.45, 7) is 6.17. The van der Waals surface area contributed by atoms with Crippen molar-refractivity contribution in [3.8, 4) is 0 Å². The summed E-state index contributed by atoms with van der Waals surface area (Å²) >= 11 is 0. The molecule has 2 aromatic heterocycles. The molecule has 5 heterocycles. The highest BCUT2D eigenvalue weighted by atomic mass is 16.2. The van der Waals surface area contributed by atoms with Gasteiger partial charge in [0.1, 0.15) is 0 Å². The maximum atomic E-state index is 13.6. The Morgan fingerprint density at radius 3 is 1.16 bits per heavy atom. The predicted octanol–water partition coefficient (Wildman–Crippen LogP) is 5.76. The first-order valence-electron chi connectivity index (χ1n) is 18.5. The van der Waals surface area contributed by atoms with E-state index in [-0.39, 0.29) is 11.8 Å². The average Bonchev–Trinajstić information content (AvgIpc) is 3.13. The molecular formula is C42H50N6O2. The molecule has 260 valence electrons. The summed E-state index contributed by atoms with van der Waals surface area (Å²) < 4.78 is 0. The van der Waals surface area contributed by atoms with E-state index in [1.807, 2.05) is 34.1 Å². The molecule has 2 fully saturated rings. The van der Waals surface area contributed by atoms with E-state index in [9.17, 15) is 9.59 Å². The van der Waals surface area contributed by atoms with E-state index in [0.717, 1.165) is 87.5 Å². The van der Waals surface area contributed by atoms with Crippen molar-refractivity contribution in [1.82, 2.24) is 29.6 Å². The van der Waals surface area contributed by atoms with Crippen molar-refractivity contribution >= 4 is 11.8 Å². The van der Waals surface area contributed by atoms with Crippen LogP contribution < -0.4 is 0 Å². The summed E-state index contributed by atoms with van der Waals surface area (Å²) in [6.07, 6.45) is 6.33. The van der Waals surface area contributed by atoms with Crippen molar-refractivity contribution in [3.05, 3.63) is 131 Å². The van der Waals surface area contributed by atoms with E-state index in [1.165, 1.54) is 11.1 Å². The smallest absolute Gasteiger partial charge is 0.236 e. The van der Waals surface area contributed by atoms with Gasteiger partial charge in [-0.15, -0.1) is 0 Å². The van der Waals surface area contributed by atoms with Gasteiger partial charge in [-0.3, -0.25) is 29.4 Å². The van der Waals surface area contributed by atoms with Gasteiger partial charge < -0.3 is 9.80 Å². The number of aromatic nitrogens is 2. The summed E-state index contributed by atoms with van der Waals surface area (Å²) in [4.78, 5) is 45.8. The van der Waals surface area contributed by atoms with E-state index in [2.05, 4.69) is 82.6 Å². The van der Waals surface area contributed by atoms with Gasteiger partial charge in [0.15, 0.2) is 0 Å². The maximum absolute atomic E-state index is 13.6. The second kappa shape index (κ2) is 16.5. The summed E-state index contributed by atoms with van der Waals surface area (Å²) in [5.41, 5.74) is 6.48. The van der Waals surface area contributed by atoms with Crippen LogP contribution in [0.1, 0.15) is 59.6 Å². The largest absolute Gasteiger partial charge is 0.342 e. The second-order valence-corrected chi connectivity index (χ2v) is 14.6. The van der Waals surface area contributed by atoms with Crippen LogP contribution in [0.4, 0.5) is 0 Å². The van der Waals surface area contributed by atoms with Crippen LogP contribution in [0.3, 0.4) is 0 Å². The number of likely N-dealkylation sites (tertiary alicyclic amines) is 2. The van der Waals surface area contributed by atoms with Gasteiger partial charge in [0.05, 0.1) is 35.9 Å². The topological polar surface area (TPSA) is 72.9 Å². The third-order valence-electron chi connectivity index (χ3n) is 10.7. The molecule has 0 radical (unpaired) electrons. The number of hydrogen-bond acceptors (Lipinski definition) is 6. The molecule has 0 atom stereocenters. The van der Waals surface area contributed by atoms with Gasteiger partial charge in [-0.25, -0.2) is 0 Å². The normalized spacial score (nSPS) is 18.3. The lowest BCUT2D eigenvalue weighted by Crippen LogP contribution is -2.44. The quantitative estimate of drug-likeness (QED) is 0.238. The van der Waals surface area contributed by atoms with E-state index in [1.54, 1.807) is 0 Å². The number of hydrogen-bond donors (Lipinski definition) is 0. The van der Waals surface area contributed by atoms with Gasteiger partial charge in [-0.05, 0) is 85.8 Å². The Balaban J connectivity index is 0.969. The Labute approximate surface area is 297 Å². The van der Waals surface area contributed by atoms with Gasteiger partial charge in [0.25, 0.3) is 0 Å². The fourth-order valence-electron chi connectivity index (χ4n) is 7.91. The van der Waals surface area contributed by atoms with Gasteiger partial charge in [-0.1, -0.05) is 72.8 Å². The monoisotopic (exact) mass is 670 g/mol. The number of benzene rings is 2. The molecule has 8 nitrogen and oxygen atoms in total. The molecule has 2 aromatic carbocycles. The number of rotatable bonds is 8. The lowest BCUT2D eigenvalue weighted by atomic mass is 9.90. The first-order valence-corrected chi connectivity index (χ1v) is 18.5. The van der Waals surface area contributed by atoms with Crippen molar-refractivity contribution in [1.29, 1.82) is 0 Å². The standard InChI is InChI=1S/C42H50N6O2/c49-41(47-21-17-35(18-22-47)25-33-9-3-1-4-10-33)31-45-27-37-13-7-15-39(43-37)29-46(30-40-16-8-14-38(28-45)44-40)32-42(50)48-23-19-36(20-24-48)26-34-11-5-2-6-12-34/h1-16,35-36H,17-32H2. The van der Waals surface area contributed by atoms with Gasteiger partial charge in [0.2, 0.25) is 11.8 Å². The van der Waals surface area contributed by atoms with Gasteiger partial charge in [-0.2, -0.15) is 0 Å². The van der Waals surface area contributed by atoms with E-state index >= 15 is 0 Å². The lowest BCUT2D eigenvalue weighted by Gasteiger charge is -2.34. The number of piperidine rings is 2. The summed E-state index contributed by atoms with van der Waals surface area (Å²) in [5.74, 6) is 1.59. The zero-order chi connectivity index (χ0) is 34.1. The Kier molecular flexibility index (Phi) is 11.3. The van der Waals surface area contributed by atoms with Crippen LogP contribution >= 0.6 is 0 Å². The summed E-state index contributed by atoms with van der Waals surface area (Å²) in [7, 11) is 0. The van der Waals surface area contributed by atoms with Crippen molar-refractivity contribution in [2.24, 2.45) is 11.8 Å². The van der Waals surface area contributed by atoms with Crippen LogP contribution in [0.5, 0.6) is 0 Å². The SMILES string of the molecule is O=C(CN1Cc2cccc(n2)CN(CC(=O)N2CCC(Cc3ccccc3)CC2)Cc2cccc(n2)C1)N1CCC(Cc2ccccc2)CC1. The van der Waals surface area contributed by atoms with Crippen molar-refractivity contribution < 1.29 is 9.59 Å². The molecule has 4 aromatic rings. The molecular weight excluding hydrogens is 621 g/mol. The number of carbonyl (C=O) groups excluding carboxylic acids is 2. The van der Waals surface area contributed by atoms with Crippen molar-refractivity contribution in [2.75, 3.05) is 39.3 Å². The Morgan fingerprint density at radius 1 is 0.480 bits per heavy atom. The highest BCUT2D eigenvalue weighted by Crippen LogP contribution is 2.24. The molecule has 7 rings (SSSR count). The molecule has 0 spiro atoms. The summed E-state index contributed by atoms with van der Waals surface area (Å²) in [5, 5.41) is 0. The maximum Gasteiger partial charge on any atom is 0.236 e. The fraction of sp³-hybridized carbons (Fsp3) is 0.429. The minimum absolute atomic E-state index is 0.177. The van der Waals surface area contributed by atoms with Gasteiger partial charge in [0, 0.05) is 52.4 Å². The van der Waals surface area contributed by atoms with E-state index in [0.29, 0.717) is 51.1 Å². The molecule has 2 saturated heterocycles. The van der Waals surface area contributed by atoms with Crippen LogP contribution in [0, 0.1) is 11.8 Å². The minimum atomic E-state index is 0.177. The van der Waals surface area contributed by atoms with E-state index < -0.39 is 0 Å². The Hall–Kier alpha value is -4.40. The van der Waals surface area contributed by atoms with Crippen molar-refractivity contribution in [3.63, 3.8) is 0 Å². The third-order valence-corrected chi connectivity index (χ3v) is 10.7. The average molecular weight is 671 g/mol. The fourth-order valence-corrected chi connectivity index (χ4v) is 7.91. The molecule has 0 saturated carbocycles. The second-order valence-electron chi connectivity index (χ2n) is 14.6. The van der Waals surface area contributed by atoms with Crippen LogP contribution in [-0.4, -0.2) is 80.7 Å². The number of nitrogens with zero attached hydrogens (tertiary/aromatic N) is 6. The van der Waals surface area contributed by atoms with Crippen LogP contribution in [0.15, 0.2) is 97.1 Å². The zero-order valence-corrected chi connectivity index (χ0v) is 29.2. The molecule has 3 aliphatic heterocycles. The number of carbonyl (C=O) groups is 2. The molecule has 4 bridgehead atoms. The first-order chi connectivity index (χ1) is 24.5. The molecule has 8 heteroatoms. The number of amides is 2. The zero-order valence-electron chi connectivity index (χ0n) is 29.2. The molecule has 2 amide bonds. The lowest BCUT2D eigenvalue weighted by molar-refractivity contribution is -0.134. The van der Waals surface area contributed by atoms with Crippen LogP contribution in [0.25, 0.3) is 0 Å². The highest BCUT2D eigenvalue weighted by molar-refractivity contribution is 5.78. The van der Waals surface area contributed by atoms with Crippen LogP contribution in [0.2, 0.25) is 0 Å². The minimum Gasteiger partial charge on any atom is -0.342 e. The number of fused-ring (bicyclic) bond motifs is 4. The highest BCUT2D eigenvalue weighted by Gasteiger charge is 2.27. The third kappa shape index (κ3) is 9.43. The number of pyridine rings is 2. The molecule has 0 aliphatic carbocycles. The van der Waals surface area contributed by atoms with E-state index in [4.69, 9.17) is 9.97 Å².